The molecule has 8 heteroatoms. The normalized spacial score (nSPS) is 13.8. The Bertz CT molecular complexity index is 501. The van der Waals surface area contributed by atoms with Gasteiger partial charge in [-0.25, -0.2) is 4.39 Å². The van der Waals surface area contributed by atoms with E-state index in [0.717, 1.165) is 0 Å². The first-order chi connectivity index (χ1) is 7.88. The molecule has 2 atom stereocenters. The molecule has 0 aliphatic rings. The minimum Gasteiger partial charge on any atom is -0.384 e. The van der Waals surface area contributed by atoms with Gasteiger partial charge in [-0.15, -0.1) is 0 Å². The summed E-state index contributed by atoms with van der Waals surface area (Å²) in [5.41, 5.74) is -1.96. The zero-order valence-corrected chi connectivity index (χ0v) is 8.17. The predicted molar refractivity (Wildman–Crippen MR) is 49.6 cm³/mol. The number of nitro groups is 1. The molecule has 0 heterocycles. The lowest BCUT2D eigenvalue weighted by molar-refractivity contribution is -0.389. The summed E-state index contributed by atoms with van der Waals surface area (Å²) in [4.78, 5) is 9.37. The maximum Gasteiger partial charge on any atom is 0.310 e. The number of halogens is 2. The van der Waals surface area contributed by atoms with Crippen molar-refractivity contribution in [3.8, 4) is 6.07 Å². The average Bonchev–Trinajstić information content (AvgIpc) is 2.25. The van der Waals surface area contributed by atoms with Gasteiger partial charge < -0.3 is 10.2 Å². The number of rotatable bonds is 3. The largest absolute Gasteiger partial charge is 0.384 e. The summed E-state index contributed by atoms with van der Waals surface area (Å²) in [7, 11) is 0. The molecular formula is C9H6F2N2O4. The van der Waals surface area contributed by atoms with E-state index in [0.29, 0.717) is 6.07 Å². The molecule has 0 radical (unpaired) electrons. The lowest BCUT2D eigenvalue weighted by Gasteiger charge is -2.12. The van der Waals surface area contributed by atoms with Crippen molar-refractivity contribution in [2.24, 2.45) is 0 Å². The van der Waals surface area contributed by atoms with Gasteiger partial charge in [-0.3, -0.25) is 10.1 Å². The maximum atomic E-state index is 13.1. The van der Waals surface area contributed by atoms with Crippen molar-refractivity contribution in [1.82, 2.24) is 0 Å². The van der Waals surface area contributed by atoms with Crippen LogP contribution in [0.5, 0.6) is 0 Å². The van der Waals surface area contributed by atoms with E-state index >= 15 is 0 Å². The van der Waals surface area contributed by atoms with Crippen molar-refractivity contribution in [2.75, 3.05) is 0 Å². The summed E-state index contributed by atoms with van der Waals surface area (Å²) < 4.78 is 26.0. The van der Waals surface area contributed by atoms with Crippen molar-refractivity contribution in [1.29, 1.82) is 5.26 Å². The van der Waals surface area contributed by atoms with Crippen LogP contribution >= 0.6 is 0 Å². The highest BCUT2D eigenvalue weighted by molar-refractivity contribution is 5.44. The van der Waals surface area contributed by atoms with Crippen LogP contribution < -0.4 is 0 Å². The lowest BCUT2D eigenvalue weighted by Crippen LogP contribution is -2.18. The van der Waals surface area contributed by atoms with Gasteiger partial charge in [0.15, 0.2) is 6.10 Å². The molecule has 0 amide bonds. The molecule has 17 heavy (non-hydrogen) atoms. The Kier molecular flexibility index (Phi) is 3.67. The molecule has 0 saturated carbocycles. The van der Waals surface area contributed by atoms with Crippen molar-refractivity contribution in [3.63, 3.8) is 0 Å². The predicted octanol–water partition coefficient (Wildman–Crippen LogP) is 0.791. The standard InChI is InChI=1S/C9H6F2N2O4/c10-4-1-5(9(15)7(14)3-12)8(13(16)17)6(11)2-4/h1-2,7,9,14-15H. The molecule has 0 spiro atoms. The van der Waals surface area contributed by atoms with Gasteiger partial charge in [0.05, 0.1) is 16.6 Å². The maximum absolute atomic E-state index is 13.1. The van der Waals surface area contributed by atoms with Crippen LogP contribution in [0.15, 0.2) is 12.1 Å². The van der Waals surface area contributed by atoms with Crippen LogP contribution in [-0.4, -0.2) is 21.2 Å². The third-order valence-electron chi connectivity index (χ3n) is 1.99. The van der Waals surface area contributed by atoms with E-state index in [1.807, 2.05) is 0 Å². The molecule has 0 aliphatic heterocycles. The Morgan fingerprint density at radius 2 is 2.00 bits per heavy atom. The van der Waals surface area contributed by atoms with Gasteiger partial charge in [-0.05, 0) is 6.07 Å². The van der Waals surface area contributed by atoms with Gasteiger partial charge in [0.25, 0.3) is 0 Å². The van der Waals surface area contributed by atoms with Crippen molar-refractivity contribution >= 4 is 5.69 Å². The summed E-state index contributed by atoms with van der Waals surface area (Å²) in [5, 5.41) is 37.2. The Morgan fingerprint density at radius 1 is 1.41 bits per heavy atom. The van der Waals surface area contributed by atoms with Crippen molar-refractivity contribution in [3.05, 3.63) is 39.4 Å². The zero-order chi connectivity index (χ0) is 13.2. The van der Waals surface area contributed by atoms with E-state index in [1.165, 1.54) is 6.07 Å². The molecule has 0 saturated heterocycles. The van der Waals surface area contributed by atoms with Crippen molar-refractivity contribution < 1.29 is 23.9 Å². The van der Waals surface area contributed by atoms with Crippen molar-refractivity contribution in [2.45, 2.75) is 12.2 Å². The highest BCUT2D eigenvalue weighted by atomic mass is 19.1. The molecule has 1 rings (SSSR count). The van der Waals surface area contributed by atoms with E-state index in [9.17, 15) is 24.0 Å². The van der Waals surface area contributed by atoms with E-state index in [-0.39, 0.29) is 6.07 Å². The Morgan fingerprint density at radius 3 is 2.47 bits per heavy atom. The average molecular weight is 244 g/mol. The van der Waals surface area contributed by atoms with Crippen LogP contribution in [0, 0.1) is 33.1 Å². The SMILES string of the molecule is N#CC(O)C(O)c1cc(F)cc(F)c1[N+](=O)[O-]. The summed E-state index contributed by atoms with van der Waals surface area (Å²) in [5.74, 6) is -2.65. The molecule has 2 N–H and O–H groups in total. The molecule has 0 fully saturated rings. The van der Waals surface area contributed by atoms with Crippen LogP contribution in [0.4, 0.5) is 14.5 Å². The Balaban J connectivity index is 3.41. The first-order valence-corrected chi connectivity index (χ1v) is 4.27. The number of benzene rings is 1. The lowest BCUT2D eigenvalue weighted by atomic mass is 10.0. The number of hydrogen-bond acceptors (Lipinski definition) is 5. The Labute approximate surface area is 93.5 Å². The molecule has 2 unspecified atom stereocenters. The van der Waals surface area contributed by atoms with Gasteiger partial charge in [0, 0.05) is 6.07 Å². The minimum atomic E-state index is -2.06. The van der Waals surface area contributed by atoms with E-state index in [2.05, 4.69) is 0 Å². The number of aliphatic hydroxyl groups excluding tert-OH is 2. The van der Waals surface area contributed by atoms with Gasteiger partial charge in [-0.1, -0.05) is 0 Å². The van der Waals surface area contributed by atoms with Crippen LogP contribution in [0.3, 0.4) is 0 Å². The summed E-state index contributed by atoms with van der Waals surface area (Å²) in [6.07, 6.45) is -4.08. The second-order valence-corrected chi connectivity index (χ2v) is 3.10. The van der Waals surface area contributed by atoms with E-state index in [1.54, 1.807) is 0 Å². The molecule has 90 valence electrons. The second kappa shape index (κ2) is 4.82. The monoisotopic (exact) mass is 244 g/mol. The van der Waals surface area contributed by atoms with Crippen LogP contribution in [0.2, 0.25) is 0 Å². The molecule has 0 aliphatic carbocycles. The molecular weight excluding hydrogens is 238 g/mol. The van der Waals surface area contributed by atoms with Gasteiger partial charge >= 0.3 is 5.69 Å². The number of hydrogen-bond donors (Lipinski definition) is 2. The first-order valence-electron chi connectivity index (χ1n) is 4.27. The van der Waals surface area contributed by atoms with E-state index < -0.39 is 40.0 Å². The topological polar surface area (TPSA) is 107 Å². The smallest absolute Gasteiger partial charge is 0.310 e. The molecule has 0 aromatic heterocycles. The molecule has 1 aromatic rings. The second-order valence-electron chi connectivity index (χ2n) is 3.10. The first kappa shape index (κ1) is 13.0. The number of nitriles is 1. The highest BCUT2D eigenvalue weighted by Crippen LogP contribution is 2.30. The van der Waals surface area contributed by atoms with Crippen LogP contribution in [0.25, 0.3) is 0 Å². The summed E-state index contributed by atoms with van der Waals surface area (Å²) in [6.45, 7) is 0. The number of aliphatic hydroxyl groups is 2. The zero-order valence-electron chi connectivity index (χ0n) is 8.17. The third kappa shape index (κ3) is 2.52. The quantitative estimate of drug-likeness (QED) is 0.464. The van der Waals surface area contributed by atoms with Gasteiger partial charge in [-0.2, -0.15) is 9.65 Å². The highest BCUT2D eigenvalue weighted by Gasteiger charge is 2.30. The number of nitrogens with zero attached hydrogens (tertiary/aromatic N) is 2. The van der Waals surface area contributed by atoms with Crippen LogP contribution in [-0.2, 0) is 0 Å². The van der Waals surface area contributed by atoms with Crippen LogP contribution in [0.1, 0.15) is 11.7 Å². The third-order valence-corrected chi connectivity index (χ3v) is 1.99. The fraction of sp³-hybridized carbons (Fsp3) is 0.222. The van der Waals surface area contributed by atoms with E-state index in [4.69, 9.17) is 10.4 Å². The summed E-state index contributed by atoms with van der Waals surface area (Å²) in [6, 6.07) is 1.97. The Hall–Kier alpha value is -2.11. The minimum absolute atomic E-state index is 0.271. The fourth-order valence-electron chi connectivity index (χ4n) is 1.24. The molecule has 0 bridgehead atoms. The molecule has 1 aromatic carbocycles. The molecule has 6 nitrogen and oxygen atoms in total. The summed E-state index contributed by atoms with van der Waals surface area (Å²) >= 11 is 0. The number of nitro benzene ring substituents is 1. The van der Waals surface area contributed by atoms with Gasteiger partial charge in [0.1, 0.15) is 11.9 Å². The van der Waals surface area contributed by atoms with Gasteiger partial charge in [0.2, 0.25) is 5.82 Å². The fourth-order valence-corrected chi connectivity index (χ4v) is 1.24.